The van der Waals surface area contributed by atoms with Crippen LogP contribution in [0.1, 0.15) is 30.6 Å². The Morgan fingerprint density at radius 1 is 1.00 bits per heavy atom. The number of rotatable bonds is 6. The van der Waals surface area contributed by atoms with E-state index in [0.29, 0.717) is 42.4 Å². The number of nitrogens with one attached hydrogen (secondary N) is 1. The number of amides is 2. The van der Waals surface area contributed by atoms with E-state index in [4.69, 9.17) is 9.47 Å². The van der Waals surface area contributed by atoms with Crippen molar-refractivity contribution in [1.29, 1.82) is 0 Å². The van der Waals surface area contributed by atoms with E-state index in [1.807, 2.05) is 30.9 Å². The molecular formula is C23H30N4O4. The van der Waals surface area contributed by atoms with Gasteiger partial charge in [0.2, 0.25) is 5.91 Å². The summed E-state index contributed by atoms with van der Waals surface area (Å²) in [5, 5.41) is 2.85. The van der Waals surface area contributed by atoms with Gasteiger partial charge in [0.05, 0.1) is 26.1 Å². The Labute approximate surface area is 183 Å². The zero-order chi connectivity index (χ0) is 22.4. The fourth-order valence-corrected chi connectivity index (χ4v) is 3.44. The summed E-state index contributed by atoms with van der Waals surface area (Å²) in [6.07, 6.45) is 2.51. The van der Waals surface area contributed by atoms with Gasteiger partial charge < -0.3 is 24.6 Å². The smallest absolute Gasteiger partial charge is 0.254 e. The third-order valence-corrected chi connectivity index (χ3v) is 5.28. The minimum Gasteiger partial charge on any atom is -0.493 e. The highest BCUT2D eigenvalue weighted by atomic mass is 16.5. The highest BCUT2D eigenvalue weighted by Crippen LogP contribution is 2.28. The number of aromatic nitrogens is 1. The summed E-state index contributed by atoms with van der Waals surface area (Å²) in [4.78, 5) is 33.4. The van der Waals surface area contributed by atoms with Crippen molar-refractivity contribution < 1.29 is 19.1 Å². The largest absolute Gasteiger partial charge is 0.493 e. The molecule has 1 N–H and O–H groups in total. The fourth-order valence-electron chi connectivity index (χ4n) is 3.44. The van der Waals surface area contributed by atoms with Crippen LogP contribution in [0.3, 0.4) is 0 Å². The van der Waals surface area contributed by atoms with Gasteiger partial charge in [0.1, 0.15) is 5.82 Å². The van der Waals surface area contributed by atoms with Gasteiger partial charge in [0.15, 0.2) is 11.5 Å². The molecule has 0 unspecified atom stereocenters. The van der Waals surface area contributed by atoms with Crippen molar-refractivity contribution in [2.24, 2.45) is 5.92 Å². The molecule has 2 heterocycles. The molecule has 166 valence electrons. The number of carbonyl (C=O) groups is 2. The first-order valence-corrected chi connectivity index (χ1v) is 10.5. The molecule has 1 aromatic carbocycles. The molecule has 1 aliphatic rings. The zero-order valence-corrected chi connectivity index (χ0v) is 18.6. The van der Waals surface area contributed by atoms with Crippen LogP contribution in [0.2, 0.25) is 0 Å². The molecule has 0 aliphatic carbocycles. The molecule has 0 radical (unpaired) electrons. The van der Waals surface area contributed by atoms with E-state index in [9.17, 15) is 9.59 Å². The summed E-state index contributed by atoms with van der Waals surface area (Å²) >= 11 is 0. The number of pyridine rings is 1. The number of nitrogens with zero attached hydrogens (tertiary/aromatic N) is 3. The molecule has 0 spiro atoms. The third kappa shape index (κ3) is 5.45. The van der Waals surface area contributed by atoms with E-state index >= 15 is 0 Å². The molecular weight excluding hydrogens is 396 g/mol. The van der Waals surface area contributed by atoms with Crippen LogP contribution < -0.4 is 19.7 Å². The lowest BCUT2D eigenvalue weighted by Crippen LogP contribution is -2.35. The quantitative estimate of drug-likeness (QED) is 0.764. The van der Waals surface area contributed by atoms with Crippen LogP contribution >= 0.6 is 0 Å². The van der Waals surface area contributed by atoms with Crippen molar-refractivity contribution in [3.8, 4) is 11.5 Å². The molecule has 2 amide bonds. The molecule has 1 fully saturated rings. The maximum atomic E-state index is 13.0. The maximum absolute atomic E-state index is 13.0. The minimum atomic E-state index is -0.0838. The first-order chi connectivity index (χ1) is 14.9. The molecule has 3 rings (SSSR count). The molecule has 0 bridgehead atoms. The maximum Gasteiger partial charge on any atom is 0.254 e. The summed E-state index contributed by atoms with van der Waals surface area (Å²) in [7, 11) is 3.13. The Hall–Kier alpha value is -3.29. The Kier molecular flexibility index (Phi) is 7.33. The van der Waals surface area contributed by atoms with Crippen molar-refractivity contribution in [2.45, 2.75) is 20.3 Å². The summed E-state index contributed by atoms with van der Waals surface area (Å²) in [6, 6.07) is 9.00. The van der Waals surface area contributed by atoms with Gasteiger partial charge >= 0.3 is 0 Å². The second-order valence-electron chi connectivity index (χ2n) is 7.75. The average molecular weight is 427 g/mol. The van der Waals surface area contributed by atoms with Gasteiger partial charge in [-0.3, -0.25) is 9.59 Å². The molecule has 1 saturated heterocycles. The van der Waals surface area contributed by atoms with Crippen LogP contribution in [-0.2, 0) is 4.79 Å². The van der Waals surface area contributed by atoms with Gasteiger partial charge in [-0.1, -0.05) is 13.8 Å². The molecule has 0 atom stereocenters. The summed E-state index contributed by atoms with van der Waals surface area (Å²) in [5.74, 6) is 1.83. The normalized spacial score (nSPS) is 14.2. The van der Waals surface area contributed by atoms with E-state index in [0.717, 1.165) is 18.8 Å². The molecule has 2 aromatic rings. The second kappa shape index (κ2) is 10.1. The van der Waals surface area contributed by atoms with Crippen LogP contribution in [0.5, 0.6) is 11.5 Å². The van der Waals surface area contributed by atoms with Crippen molar-refractivity contribution in [2.75, 3.05) is 50.6 Å². The standard InChI is InChI=1S/C23H30N4O4/c1-16(2)22(28)25-18-7-9-21(24-15-18)26-10-5-11-27(13-12-26)23(29)17-6-8-19(30-3)20(14-17)31-4/h6-9,14-16H,5,10-13H2,1-4H3,(H,25,28). The van der Waals surface area contributed by atoms with E-state index in [1.54, 1.807) is 38.6 Å². The number of hydrogen-bond donors (Lipinski definition) is 1. The number of benzene rings is 1. The Balaban J connectivity index is 1.64. The van der Waals surface area contributed by atoms with Crippen LogP contribution in [-0.4, -0.2) is 62.1 Å². The fraction of sp³-hybridized carbons (Fsp3) is 0.435. The van der Waals surface area contributed by atoms with Gasteiger partial charge in [-0.05, 0) is 36.8 Å². The predicted octanol–water partition coefficient (Wildman–Crippen LogP) is 3.05. The van der Waals surface area contributed by atoms with Gasteiger partial charge in [0, 0.05) is 37.7 Å². The second-order valence-corrected chi connectivity index (χ2v) is 7.75. The van der Waals surface area contributed by atoms with Crippen LogP contribution in [0.15, 0.2) is 36.5 Å². The Morgan fingerprint density at radius 3 is 2.42 bits per heavy atom. The zero-order valence-electron chi connectivity index (χ0n) is 18.6. The number of methoxy groups -OCH3 is 2. The highest BCUT2D eigenvalue weighted by Gasteiger charge is 2.22. The van der Waals surface area contributed by atoms with Gasteiger partial charge in [-0.15, -0.1) is 0 Å². The van der Waals surface area contributed by atoms with E-state index < -0.39 is 0 Å². The minimum absolute atomic E-state index is 0.0255. The Morgan fingerprint density at radius 2 is 1.77 bits per heavy atom. The first-order valence-electron chi connectivity index (χ1n) is 10.5. The number of ether oxygens (including phenoxy) is 2. The summed E-state index contributed by atoms with van der Waals surface area (Å²) < 4.78 is 10.6. The topological polar surface area (TPSA) is 84.0 Å². The molecule has 8 nitrogen and oxygen atoms in total. The first kappa shape index (κ1) is 22.4. The number of carbonyl (C=O) groups excluding carboxylic acids is 2. The third-order valence-electron chi connectivity index (χ3n) is 5.28. The Bertz CT molecular complexity index is 914. The average Bonchev–Trinajstić information content (AvgIpc) is 3.05. The lowest BCUT2D eigenvalue weighted by Gasteiger charge is -2.23. The van der Waals surface area contributed by atoms with Gasteiger partial charge in [-0.2, -0.15) is 0 Å². The molecule has 8 heteroatoms. The van der Waals surface area contributed by atoms with E-state index in [1.165, 1.54) is 0 Å². The van der Waals surface area contributed by atoms with Crippen LogP contribution in [0.25, 0.3) is 0 Å². The predicted molar refractivity (Wildman–Crippen MR) is 120 cm³/mol. The van der Waals surface area contributed by atoms with Crippen molar-refractivity contribution in [3.63, 3.8) is 0 Å². The number of anilines is 2. The highest BCUT2D eigenvalue weighted by molar-refractivity contribution is 5.95. The van der Waals surface area contributed by atoms with Gasteiger partial charge in [0.25, 0.3) is 5.91 Å². The van der Waals surface area contributed by atoms with Crippen molar-refractivity contribution in [1.82, 2.24) is 9.88 Å². The molecule has 0 saturated carbocycles. The summed E-state index contributed by atoms with van der Waals surface area (Å²) in [5.41, 5.74) is 1.26. The number of hydrogen-bond acceptors (Lipinski definition) is 6. The SMILES string of the molecule is COc1ccc(C(=O)N2CCCN(c3ccc(NC(=O)C(C)C)cn3)CC2)cc1OC. The monoisotopic (exact) mass is 426 g/mol. The molecule has 31 heavy (non-hydrogen) atoms. The van der Waals surface area contributed by atoms with Crippen LogP contribution in [0, 0.1) is 5.92 Å². The lowest BCUT2D eigenvalue weighted by atomic mass is 10.1. The molecule has 1 aliphatic heterocycles. The lowest BCUT2D eigenvalue weighted by molar-refractivity contribution is -0.118. The van der Waals surface area contributed by atoms with Gasteiger partial charge in [-0.25, -0.2) is 4.98 Å². The van der Waals surface area contributed by atoms with Crippen LogP contribution in [0.4, 0.5) is 11.5 Å². The van der Waals surface area contributed by atoms with E-state index in [-0.39, 0.29) is 17.7 Å². The van der Waals surface area contributed by atoms with Crippen molar-refractivity contribution >= 4 is 23.3 Å². The summed E-state index contributed by atoms with van der Waals surface area (Å²) in [6.45, 7) is 6.46. The van der Waals surface area contributed by atoms with E-state index in [2.05, 4.69) is 15.2 Å². The molecule has 1 aromatic heterocycles. The van der Waals surface area contributed by atoms with Crippen molar-refractivity contribution in [3.05, 3.63) is 42.1 Å².